The summed E-state index contributed by atoms with van der Waals surface area (Å²) >= 11 is 0. The molecule has 2 aromatic rings. The van der Waals surface area contributed by atoms with E-state index in [2.05, 4.69) is 5.32 Å². The van der Waals surface area contributed by atoms with Crippen molar-refractivity contribution in [3.05, 3.63) is 59.7 Å². The molecule has 2 rings (SSSR count). The number of carbonyl (C=O) groups is 2. The van der Waals surface area contributed by atoms with Crippen molar-refractivity contribution >= 4 is 24.0 Å². The molecular formula is C16H13NO4. The highest BCUT2D eigenvalue weighted by molar-refractivity contribution is 6.04. The molecule has 0 aliphatic carbocycles. The summed E-state index contributed by atoms with van der Waals surface area (Å²) in [6.07, 6.45) is 3.45. The van der Waals surface area contributed by atoms with Crippen LogP contribution in [-0.2, 0) is 4.79 Å². The second-order valence-corrected chi connectivity index (χ2v) is 4.30. The average molecular weight is 283 g/mol. The Morgan fingerprint density at radius 1 is 1.00 bits per heavy atom. The van der Waals surface area contributed by atoms with Gasteiger partial charge in [-0.3, -0.25) is 9.59 Å². The van der Waals surface area contributed by atoms with E-state index in [1.807, 2.05) is 0 Å². The van der Waals surface area contributed by atoms with Crippen molar-refractivity contribution in [1.29, 1.82) is 0 Å². The fraction of sp³-hybridized carbons (Fsp3) is 0. The van der Waals surface area contributed by atoms with Crippen LogP contribution in [0.15, 0.2) is 48.5 Å². The maximum Gasteiger partial charge on any atom is 0.248 e. The SMILES string of the molecule is O=Cc1cc(O)ccc1NC(=O)/C=C/c1ccc(O)cc1. The van der Waals surface area contributed by atoms with E-state index < -0.39 is 5.91 Å². The minimum atomic E-state index is -0.406. The van der Waals surface area contributed by atoms with Crippen molar-refractivity contribution in [3.63, 3.8) is 0 Å². The molecule has 106 valence electrons. The van der Waals surface area contributed by atoms with E-state index in [0.29, 0.717) is 12.0 Å². The number of phenols is 2. The minimum absolute atomic E-state index is 0.0465. The van der Waals surface area contributed by atoms with Crippen LogP contribution in [0.1, 0.15) is 15.9 Å². The summed E-state index contributed by atoms with van der Waals surface area (Å²) < 4.78 is 0. The molecule has 0 aliphatic rings. The van der Waals surface area contributed by atoms with E-state index in [9.17, 15) is 14.7 Å². The van der Waals surface area contributed by atoms with Gasteiger partial charge in [0.2, 0.25) is 5.91 Å². The maximum atomic E-state index is 11.8. The summed E-state index contributed by atoms with van der Waals surface area (Å²) in [4.78, 5) is 22.6. The van der Waals surface area contributed by atoms with Crippen LogP contribution in [0.2, 0.25) is 0 Å². The quantitative estimate of drug-likeness (QED) is 0.457. The van der Waals surface area contributed by atoms with Crippen molar-refractivity contribution in [2.24, 2.45) is 0 Å². The molecule has 0 atom stereocenters. The lowest BCUT2D eigenvalue weighted by Gasteiger charge is -2.05. The molecule has 1 amide bonds. The number of aldehydes is 1. The summed E-state index contributed by atoms with van der Waals surface area (Å²) in [6, 6.07) is 10.5. The lowest BCUT2D eigenvalue weighted by Crippen LogP contribution is -2.09. The van der Waals surface area contributed by atoms with Gasteiger partial charge in [0.15, 0.2) is 6.29 Å². The van der Waals surface area contributed by atoms with E-state index in [1.54, 1.807) is 18.2 Å². The van der Waals surface area contributed by atoms with Crippen LogP contribution in [0.5, 0.6) is 11.5 Å². The standard InChI is InChI=1S/C16H13NO4/c18-10-12-9-14(20)6-7-15(12)17-16(21)8-3-11-1-4-13(19)5-2-11/h1-10,19-20H,(H,17,21)/b8-3+. The largest absolute Gasteiger partial charge is 0.508 e. The van der Waals surface area contributed by atoms with Crippen LogP contribution in [-0.4, -0.2) is 22.4 Å². The van der Waals surface area contributed by atoms with Crippen molar-refractivity contribution in [2.75, 3.05) is 5.32 Å². The Balaban J connectivity index is 2.08. The Morgan fingerprint density at radius 2 is 1.67 bits per heavy atom. The summed E-state index contributed by atoms with van der Waals surface area (Å²) in [5, 5.41) is 21.0. The van der Waals surface area contributed by atoms with Crippen molar-refractivity contribution in [1.82, 2.24) is 0 Å². The Kier molecular flexibility index (Phi) is 4.36. The van der Waals surface area contributed by atoms with Gasteiger partial charge in [-0.1, -0.05) is 12.1 Å². The van der Waals surface area contributed by atoms with Gasteiger partial charge in [-0.2, -0.15) is 0 Å². The number of phenolic OH excluding ortho intramolecular Hbond substituents is 2. The van der Waals surface area contributed by atoms with Gasteiger partial charge in [-0.15, -0.1) is 0 Å². The highest BCUT2D eigenvalue weighted by Crippen LogP contribution is 2.19. The van der Waals surface area contributed by atoms with E-state index in [4.69, 9.17) is 5.11 Å². The monoisotopic (exact) mass is 283 g/mol. The van der Waals surface area contributed by atoms with Gasteiger partial charge < -0.3 is 15.5 Å². The van der Waals surface area contributed by atoms with Crippen LogP contribution in [0.4, 0.5) is 5.69 Å². The second-order valence-electron chi connectivity index (χ2n) is 4.30. The first-order valence-electron chi connectivity index (χ1n) is 6.15. The first-order chi connectivity index (χ1) is 10.1. The van der Waals surface area contributed by atoms with E-state index in [0.717, 1.165) is 5.56 Å². The Hall–Kier alpha value is -3.08. The molecule has 0 aromatic heterocycles. The second kappa shape index (κ2) is 6.38. The molecule has 5 heteroatoms. The van der Waals surface area contributed by atoms with Gasteiger partial charge in [0.1, 0.15) is 11.5 Å². The van der Waals surface area contributed by atoms with E-state index in [-0.39, 0.29) is 17.1 Å². The molecule has 0 fully saturated rings. The number of anilines is 1. The zero-order valence-electron chi connectivity index (χ0n) is 11.0. The topological polar surface area (TPSA) is 86.6 Å². The van der Waals surface area contributed by atoms with Gasteiger partial charge in [0, 0.05) is 11.6 Å². The van der Waals surface area contributed by atoms with Crippen molar-refractivity contribution in [2.45, 2.75) is 0 Å². The Morgan fingerprint density at radius 3 is 2.33 bits per heavy atom. The maximum absolute atomic E-state index is 11.8. The average Bonchev–Trinajstić information content (AvgIpc) is 2.48. The lowest BCUT2D eigenvalue weighted by atomic mass is 10.1. The number of benzene rings is 2. The van der Waals surface area contributed by atoms with Crippen LogP contribution in [0, 0.1) is 0 Å². The van der Waals surface area contributed by atoms with E-state index in [1.165, 1.54) is 36.4 Å². The zero-order valence-corrected chi connectivity index (χ0v) is 11.0. The van der Waals surface area contributed by atoms with Crippen LogP contribution in [0.3, 0.4) is 0 Å². The third-order valence-corrected chi connectivity index (χ3v) is 2.74. The van der Waals surface area contributed by atoms with Crippen molar-refractivity contribution in [3.8, 4) is 11.5 Å². The molecule has 0 unspecified atom stereocenters. The number of aromatic hydroxyl groups is 2. The molecule has 0 radical (unpaired) electrons. The normalized spacial score (nSPS) is 10.5. The fourth-order valence-electron chi connectivity index (χ4n) is 1.69. The highest BCUT2D eigenvalue weighted by atomic mass is 16.3. The van der Waals surface area contributed by atoms with Crippen LogP contribution >= 0.6 is 0 Å². The van der Waals surface area contributed by atoms with Gasteiger partial charge in [-0.05, 0) is 42.0 Å². The van der Waals surface area contributed by atoms with Crippen LogP contribution in [0.25, 0.3) is 6.08 Å². The summed E-state index contributed by atoms with van der Waals surface area (Å²) in [5.41, 5.74) is 1.27. The first-order valence-corrected chi connectivity index (χ1v) is 6.15. The van der Waals surface area contributed by atoms with Gasteiger partial charge >= 0.3 is 0 Å². The molecule has 0 saturated heterocycles. The zero-order chi connectivity index (χ0) is 15.2. The molecule has 0 saturated carbocycles. The Bertz CT molecular complexity index is 690. The smallest absolute Gasteiger partial charge is 0.248 e. The minimum Gasteiger partial charge on any atom is -0.508 e. The molecular weight excluding hydrogens is 270 g/mol. The molecule has 0 bridgehead atoms. The third-order valence-electron chi connectivity index (χ3n) is 2.74. The molecule has 21 heavy (non-hydrogen) atoms. The molecule has 0 heterocycles. The van der Waals surface area contributed by atoms with Gasteiger partial charge in [-0.25, -0.2) is 0 Å². The number of amides is 1. The van der Waals surface area contributed by atoms with E-state index >= 15 is 0 Å². The lowest BCUT2D eigenvalue weighted by molar-refractivity contribution is -0.111. The van der Waals surface area contributed by atoms with Crippen LogP contribution < -0.4 is 5.32 Å². The predicted molar refractivity (Wildman–Crippen MR) is 79.3 cm³/mol. The molecule has 0 spiro atoms. The number of hydrogen-bond acceptors (Lipinski definition) is 4. The predicted octanol–water partition coefficient (Wildman–Crippen LogP) is 2.56. The molecule has 0 aliphatic heterocycles. The number of rotatable bonds is 4. The summed E-state index contributed by atoms with van der Waals surface area (Å²) in [7, 11) is 0. The number of nitrogens with one attached hydrogen (secondary N) is 1. The number of carbonyl (C=O) groups excluding carboxylic acids is 2. The first kappa shape index (κ1) is 14.3. The van der Waals surface area contributed by atoms with Crippen molar-refractivity contribution < 1.29 is 19.8 Å². The molecule has 3 N–H and O–H groups in total. The summed E-state index contributed by atoms with van der Waals surface area (Å²) in [6.45, 7) is 0. The number of hydrogen-bond donors (Lipinski definition) is 3. The highest BCUT2D eigenvalue weighted by Gasteiger charge is 2.05. The Labute approximate surface area is 121 Å². The van der Waals surface area contributed by atoms with Gasteiger partial charge in [0.25, 0.3) is 0 Å². The molecule has 2 aromatic carbocycles. The molecule has 5 nitrogen and oxygen atoms in total. The fourth-order valence-corrected chi connectivity index (χ4v) is 1.69. The van der Waals surface area contributed by atoms with Gasteiger partial charge in [0.05, 0.1) is 5.69 Å². The summed E-state index contributed by atoms with van der Waals surface area (Å²) in [5.74, 6) is -0.303. The third kappa shape index (κ3) is 3.94.